The van der Waals surface area contributed by atoms with Gasteiger partial charge in [0.1, 0.15) is 0 Å². The highest BCUT2D eigenvalue weighted by molar-refractivity contribution is 5.80. The first kappa shape index (κ1) is 18.0. The molecule has 130 valence electrons. The number of rotatable bonds is 8. The molecule has 1 aromatic rings. The molecule has 2 rings (SSSR count). The maximum absolute atomic E-state index is 11.7. The predicted molar refractivity (Wildman–Crippen MR) is 98.5 cm³/mol. The van der Waals surface area contributed by atoms with Gasteiger partial charge in [0.25, 0.3) is 5.91 Å². The Balaban J connectivity index is 1.62. The zero-order valence-corrected chi connectivity index (χ0v) is 14.6. The van der Waals surface area contributed by atoms with E-state index in [9.17, 15) is 4.79 Å². The first-order valence-electron chi connectivity index (χ1n) is 8.52. The molecule has 1 amide bonds. The molecule has 0 spiro atoms. The van der Waals surface area contributed by atoms with E-state index in [4.69, 9.17) is 4.84 Å². The number of hydrogen-bond acceptors (Lipinski definition) is 4. The molecule has 0 aromatic heterocycles. The van der Waals surface area contributed by atoms with Crippen LogP contribution in [-0.4, -0.2) is 39.4 Å². The molecule has 1 N–H and O–H groups in total. The van der Waals surface area contributed by atoms with Crippen LogP contribution in [0.2, 0.25) is 0 Å². The van der Waals surface area contributed by atoms with Gasteiger partial charge in [0, 0.05) is 26.3 Å². The maximum atomic E-state index is 11.7. The molecular formula is C19H27N3O2. The summed E-state index contributed by atoms with van der Waals surface area (Å²) >= 11 is 0. The van der Waals surface area contributed by atoms with Crippen molar-refractivity contribution in [2.45, 2.75) is 32.1 Å². The molecule has 0 saturated carbocycles. The van der Waals surface area contributed by atoms with Crippen molar-refractivity contribution in [3.8, 4) is 0 Å². The monoisotopic (exact) mass is 329 g/mol. The molecular weight excluding hydrogens is 302 g/mol. The van der Waals surface area contributed by atoms with Gasteiger partial charge in [-0.1, -0.05) is 28.9 Å². The summed E-state index contributed by atoms with van der Waals surface area (Å²) in [5.74, 6) is -0.133. The third kappa shape index (κ3) is 6.44. The summed E-state index contributed by atoms with van der Waals surface area (Å²) < 4.78 is 0. The first-order chi connectivity index (χ1) is 11.6. The number of nitrogens with one attached hydrogen (secondary N) is 1. The summed E-state index contributed by atoms with van der Waals surface area (Å²) in [6.45, 7) is 0.620. The lowest BCUT2D eigenvalue weighted by Gasteiger charge is -2.12. The molecule has 1 aliphatic carbocycles. The molecule has 0 bridgehead atoms. The molecule has 0 saturated heterocycles. The van der Waals surface area contributed by atoms with Gasteiger partial charge in [0.05, 0.1) is 6.21 Å². The second-order valence-electron chi connectivity index (χ2n) is 6.20. The van der Waals surface area contributed by atoms with Crippen LogP contribution in [0.5, 0.6) is 0 Å². The smallest absolute Gasteiger partial charge is 0.260 e. The SMILES string of the molecule is CN(C)c1ccc(/C=N/OCC(=O)NCCC2=CCCCC2)cc1. The first-order valence-corrected chi connectivity index (χ1v) is 8.52. The van der Waals surface area contributed by atoms with Crippen molar-refractivity contribution >= 4 is 17.8 Å². The van der Waals surface area contributed by atoms with Gasteiger partial charge in [0.15, 0.2) is 6.61 Å². The molecule has 0 fully saturated rings. The van der Waals surface area contributed by atoms with Crippen molar-refractivity contribution in [1.82, 2.24) is 5.32 Å². The van der Waals surface area contributed by atoms with Crippen LogP contribution in [0.1, 0.15) is 37.7 Å². The molecule has 1 aromatic carbocycles. The Labute approximate surface area is 144 Å². The van der Waals surface area contributed by atoms with E-state index in [0.29, 0.717) is 6.54 Å². The van der Waals surface area contributed by atoms with Gasteiger partial charge in [-0.3, -0.25) is 4.79 Å². The minimum atomic E-state index is -0.133. The van der Waals surface area contributed by atoms with Crippen LogP contribution in [-0.2, 0) is 9.63 Å². The summed E-state index contributed by atoms with van der Waals surface area (Å²) in [5, 5.41) is 6.71. The average Bonchev–Trinajstić information content (AvgIpc) is 2.60. The number of anilines is 1. The zero-order valence-electron chi connectivity index (χ0n) is 14.6. The van der Waals surface area contributed by atoms with E-state index in [1.54, 1.807) is 6.21 Å². The zero-order chi connectivity index (χ0) is 17.2. The van der Waals surface area contributed by atoms with Crippen molar-refractivity contribution in [1.29, 1.82) is 0 Å². The van der Waals surface area contributed by atoms with Crippen molar-refractivity contribution in [2.75, 3.05) is 32.1 Å². The molecule has 0 unspecified atom stereocenters. The van der Waals surface area contributed by atoms with E-state index in [1.807, 2.05) is 43.3 Å². The minimum absolute atomic E-state index is 0.0503. The summed E-state index contributed by atoms with van der Waals surface area (Å²) in [5.41, 5.74) is 3.52. The minimum Gasteiger partial charge on any atom is -0.386 e. The number of benzene rings is 1. The molecule has 5 nitrogen and oxygen atoms in total. The Bertz CT molecular complexity index is 577. The fourth-order valence-corrected chi connectivity index (χ4v) is 2.60. The Morgan fingerprint density at radius 1 is 1.29 bits per heavy atom. The number of carbonyl (C=O) groups is 1. The van der Waals surface area contributed by atoms with Crippen LogP contribution in [0.15, 0.2) is 41.1 Å². The second kappa shape index (κ2) is 9.75. The van der Waals surface area contributed by atoms with Gasteiger partial charge >= 0.3 is 0 Å². The summed E-state index contributed by atoms with van der Waals surface area (Å²) in [6.07, 6.45) is 9.76. The highest BCUT2D eigenvalue weighted by atomic mass is 16.6. The van der Waals surface area contributed by atoms with Gasteiger partial charge in [-0.2, -0.15) is 0 Å². The third-order valence-electron chi connectivity index (χ3n) is 4.03. The van der Waals surface area contributed by atoms with Crippen LogP contribution in [0.4, 0.5) is 5.69 Å². The number of hydrogen-bond donors (Lipinski definition) is 1. The summed E-state index contributed by atoms with van der Waals surface area (Å²) in [6, 6.07) is 7.93. The summed E-state index contributed by atoms with van der Waals surface area (Å²) in [4.78, 5) is 18.8. The molecule has 0 heterocycles. The van der Waals surface area contributed by atoms with Gasteiger partial charge in [0.2, 0.25) is 0 Å². The lowest BCUT2D eigenvalue weighted by atomic mass is 9.97. The fraction of sp³-hybridized carbons (Fsp3) is 0.474. The Kier molecular flexibility index (Phi) is 7.33. The molecule has 0 atom stereocenters. The topological polar surface area (TPSA) is 53.9 Å². The quantitative estimate of drug-likeness (QED) is 0.453. The highest BCUT2D eigenvalue weighted by Gasteiger charge is 2.05. The van der Waals surface area contributed by atoms with E-state index in [-0.39, 0.29) is 12.5 Å². The number of oxime groups is 1. The molecule has 1 aliphatic rings. The third-order valence-corrected chi connectivity index (χ3v) is 4.03. The van der Waals surface area contributed by atoms with Crippen molar-refractivity contribution in [2.24, 2.45) is 5.16 Å². The molecule has 5 heteroatoms. The van der Waals surface area contributed by atoms with Gasteiger partial charge in [-0.25, -0.2) is 0 Å². The van der Waals surface area contributed by atoms with Crippen LogP contribution >= 0.6 is 0 Å². The number of allylic oxidation sites excluding steroid dienone is 1. The number of carbonyl (C=O) groups excluding carboxylic acids is 1. The molecule has 0 aliphatic heterocycles. The largest absolute Gasteiger partial charge is 0.386 e. The fourth-order valence-electron chi connectivity index (χ4n) is 2.60. The summed E-state index contributed by atoms with van der Waals surface area (Å²) in [7, 11) is 3.99. The van der Waals surface area contributed by atoms with E-state index in [0.717, 1.165) is 17.7 Å². The van der Waals surface area contributed by atoms with Gasteiger partial charge in [-0.15, -0.1) is 0 Å². The number of amides is 1. The van der Waals surface area contributed by atoms with Crippen molar-refractivity contribution in [3.05, 3.63) is 41.5 Å². The highest BCUT2D eigenvalue weighted by Crippen LogP contribution is 2.19. The normalized spacial score (nSPS) is 14.3. The van der Waals surface area contributed by atoms with Crippen molar-refractivity contribution in [3.63, 3.8) is 0 Å². The van der Waals surface area contributed by atoms with Crippen LogP contribution < -0.4 is 10.2 Å². The number of nitrogens with zero attached hydrogens (tertiary/aromatic N) is 2. The lowest BCUT2D eigenvalue weighted by molar-refractivity contribution is -0.125. The standard InChI is InChI=1S/C19H27N3O2/c1-22(2)18-10-8-17(9-11-18)14-21-24-15-19(23)20-13-12-16-6-4-3-5-7-16/h6,8-11,14H,3-5,7,12-13,15H2,1-2H3,(H,20,23)/b21-14+. The predicted octanol–water partition coefficient (Wildman–Crippen LogP) is 3.11. The molecule has 0 radical (unpaired) electrons. The van der Waals surface area contributed by atoms with Crippen LogP contribution in [0.25, 0.3) is 0 Å². The second-order valence-corrected chi connectivity index (χ2v) is 6.20. The Morgan fingerprint density at radius 2 is 2.08 bits per heavy atom. The lowest BCUT2D eigenvalue weighted by Crippen LogP contribution is -2.28. The van der Waals surface area contributed by atoms with E-state index < -0.39 is 0 Å². The average molecular weight is 329 g/mol. The Morgan fingerprint density at radius 3 is 2.75 bits per heavy atom. The van der Waals surface area contributed by atoms with Crippen LogP contribution in [0, 0.1) is 0 Å². The Hall–Kier alpha value is -2.30. The van der Waals surface area contributed by atoms with Crippen molar-refractivity contribution < 1.29 is 9.63 Å². The van der Waals surface area contributed by atoms with Crippen LogP contribution in [0.3, 0.4) is 0 Å². The van der Waals surface area contributed by atoms with Gasteiger partial charge < -0.3 is 15.1 Å². The van der Waals surface area contributed by atoms with E-state index >= 15 is 0 Å². The van der Waals surface area contributed by atoms with E-state index in [2.05, 4.69) is 16.5 Å². The maximum Gasteiger partial charge on any atom is 0.260 e. The van der Waals surface area contributed by atoms with Gasteiger partial charge in [-0.05, 0) is 49.8 Å². The van der Waals surface area contributed by atoms with E-state index in [1.165, 1.54) is 31.3 Å². The molecule has 24 heavy (non-hydrogen) atoms.